The van der Waals surface area contributed by atoms with Gasteiger partial charge in [-0.15, -0.1) is 0 Å². The highest BCUT2D eigenvalue weighted by atomic mass is 16.3. The van der Waals surface area contributed by atoms with Gasteiger partial charge in [0.15, 0.2) is 0 Å². The quantitative estimate of drug-likeness (QED) is 0.887. The lowest BCUT2D eigenvalue weighted by atomic mass is 9.93. The number of imidazole rings is 1. The standard InChI is InChI=1S/C15H21N3O/c1-11-14(18-9-3-2-4-15(18)17-11)10-16-12-5-7-13(19)8-6-12/h2-4,9,12-13,16,19H,5-8,10H2,1H3. The van der Waals surface area contributed by atoms with Crippen LogP contribution >= 0.6 is 0 Å². The van der Waals surface area contributed by atoms with Gasteiger partial charge in [-0.1, -0.05) is 6.07 Å². The Morgan fingerprint density at radius 3 is 2.89 bits per heavy atom. The summed E-state index contributed by atoms with van der Waals surface area (Å²) in [6.07, 6.45) is 5.95. The molecular weight excluding hydrogens is 238 g/mol. The number of aliphatic hydroxyl groups is 1. The molecule has 102 valence electrons. The maximum Gasteiger partial charge on any atom is 0.137 e. The van der Waals surface area contributed by atoms with E-state index in [1.807, 2.05) is 18.2 Å². The van der Waals surface area contributed by atoms with E-state index in [1.54, 1.807) is 0 Å². The lowest BCUT2D eigenvalue weighted by Crippen LogP contribution is -2.34. The highest BCUT2D eigenvalue weighted by Gasteiger charge is 2.19. The second-order valence-corrected chi connectivity index (χ2v) is 5.46. The largest absolute Gasteiger partial charge is 0.393 e. The SMILES string of the molecule is Cc1nc2ccccn2c1CNC1CCC(O)CC1. The zero-order valence-electron chi connectivity index (χ0n) is 11.3. The zero-order chi connectivity index (χ0) is 13.2. The first-order valence-electron chi connectivity index (χ1n) is 7.08. The number of rotatable bonds is 3. The number of hydrogen-bond acceptors (Lipinski definition) is 3. The van der Waals surface area contributed by atoms with E-state index in [-0.39, 0.29) is 6.10 Å². The van der Waals surface area contributed by atoms with Crippen LogP contribution in [0.25, 0.3) is 5.65 Å². The zero-order valence-corrected chi connectivity index (χ0v) is 11.3. The van der Waals surface area contributed by atoms with E-state index in [2.05, 4.69) is 27.8 Å². The van der Waals surface area contributed by atoms with Crippen LogP contribution in [0.5, 0.6) is 0 Å². The Labute approximate surface area is 113 Å². The van der Waals surface area contributed by atoms with E-state index < -0.39 is 0 Å². The minimum Gasteiger partial charge on any atom is -0.393 e. The molecule has 0 aromatic carbocycles. The molecule has 0 radical (unpaired) electrons. The van der Waals surface area contributed by atoms with Gasteiger partial charge in [0.05, 0.1) is 17.5 Å². The molecule has 1 aliphatic rings. The number of pyridine rings is 1. The minimum absolute atomic E-state index is 0.0874. The van der Waals surface area contributed by atoms with Gasteiger partial charge in [0, 0.05) is 18.8 Å². The first kappa shape index (κ1) is 12.6. The number of aliphatic hydroxyl groups excluding tert-OH is 1. The smallest absolute Gasteiger partial charge is 0.137 e. The summed E-state index contributed by atoms with van der Waals surface area (Å²) in [6.45, 7) is 2.91. The Morgan fingerprint density at radius 1 is 1.32 bits per heavy atom. The molecule has 2 aromatic heterocycles. The molecule has 3 rings (SSSR count). The van der Waals surface area contributed by atoms with Gasteiger partial charge in [-0.25, -0.2) is 4.98 Å². The van der Waals surface area contributed by atoms with Crippen LogP contribution in [0.4, 0.5) is 0 Å². The van der Waals surface area contributed by atoms with E-state index >= 15 is 0 Å². The normalized spacial score (nSPS) is 23.9. The lowest BCUT2D eigenvalue weighted by Gasteiger charge is -2.26. The number of aromatic nitrogens is 2. The summed E-state index contributed by atoms with van der Waals surface area (Å²) >= 11 is 0. The van der Waals surface area contributed by atoms with Crippen molar-refractivity contribution in [3.8, 4) is 0 Å². The third-order valence-electron chi connectivity index (χ3n) is 4.08. The van der Waals surface area contributed by atoms with Crippen LogP contribution in [0.15, 0.2) is 24.4 Å². The van der Waals surface area contributed by atoms with Crippen LogP contribution in [0, 0.1) is 6.92 Å². The van der Waals surface area contributed by atoms with Crippen LogP contribution in [0.1, 0.15) is 37.1 Å². The molecule has 2 N–H and O–H groups in total. The minimum atomic E-state index is -0.0874. The van der Waals surface area contributed by atoms with E-state index in [1.165, 1.54) is 5.69 Å². The second kappa shape index (κ2) is 5.31. The number of nitrogens with one attached hydrogen (secondary N) is 1. The molecule has 2 heterocycles. The van der Waals surface area contributed by atoms with Crippen molar-refractivity contribution in [2.45, 2.75) is 51.3 Å². The summed E-state index contributed by atoms with van der Waals surface area (Å²) in [5, 5.41) is 13.1. The van der Waals surface area contributed by atoms with Crippen molar-refractivity contribution >= 4 is 5.65 Å². The lowest BCUT2D eigenvalue weighted by molar-refractivity contribution is 0.116. The maximum absolute atomic E-state index is 9.52. The highest BCUT2D eigenvalue weighted by molar-refractivity contribution is 5.42. The summed E-state index contributed by atoms with van der Waals surface area (Å²) in [5.41, 5.74) is 3.34. The summed E-state index contributed by atoms with van der Waals surface area (Å²) in [4.78, 5) is 4.57. The molecule has 2 aromatic rings. The molecule has 0 atom stereocenters. The fraction of sp³-hybridized carbons (Fsp3) is 0.533. The van der Waals surface area contributed by atoms with Crippen molar-refractivity contribution in [2.75, 3.05) is 0 Å². The van der Waals surface area contributed by atoms with Crippen molar-refractivity contribution in [3.63, 3.8) is 0 Å². The van der Waals surface area contributed by atoms with Gasteiger partial charge < -0.3 is 14.8 Å². The summed E-state index contributed by atoms with van der Waals surface area (Å²) in [7, 11) is 0. The molecule has 0 unspecified atom stereocenters. The molecule has 1 fully saturated rings. The van der Waals surface area contributed by atoms with Gasteiger partial charge in [-0.2, -0.15) is 0 Å². The van der Waals surface area contributed by atoms with E-state index in [9.17, 15) is 5.11 Å². The van der Waals surface area contributed by atoms with E-state index in [0.717, 1.165) is 43.6 Å². The van der Waals surface area contributed by atoms with Gasteiger partial charge in [-0.05, 0) is 44.7 Å². The van der Waals surface area contributed by atoms with Gasteiger partial charge in [0.2, 0.25) is 0 Å². The Hall–Kier alpha value is -1.39. The predicted octanol–water partition coefficient (Wildman–Crippen LogP) is 2.04. The molecule has 0 saturated heterocycles. The van der Waals surface area contributed by atoms with E-state index in [4.69, 9.17) is 0 Å². The predicted molar refractivity (Wildman–Crippen MR) is 75.0 cm³/mol. The van der Waals surface area contributed by atoms with Crippen LogP contribution in [-0.2, 0) is 6.54 Å². The van der Waals surface area contributed by atoms with Crippen LogP contribution in [0.3, 0.4) is 0 Å². The van der Waals surface area contributed by atoms with Crippen molar-refractivity contribution < 1.29 is 5.11 Å². The van der Waals surface area contributed by atoms with Crippen LogP contribution in [-0.4, -0.2) is 26.6 Å². The molecule has 1 aliphatic carbocycles. The summed E-state index contributed by atoms with van der Waals surface area (Å²) < 4.78 is 2.15. The average Bonchev–Trinajstić information content (AvgIpc) is 2.74. The monoisotopic (exact) mass is 259 g/mol. The third-order valence-corrected chi connectivity index (χ3v) is 4.08. The van der Waals surface area contributed by atoms with Gasteiger partial charge in [0.1, 0.15) is 5.65 Å². The Morgan fingerprint density at radius 2 is 2.11 bits per heavy atom. The van der Waals surface area contributed by atoms with Crippen LogP contribution in [0.2, 0.25) is 0 Å². The van der Waals surface area contributed by atoms with Crippen molar-refractivity contribution in [3.05, 3.63) is 35.8 Å². The Kier molecular flexibility index (Phi) is 3.53. The summed E-state index contributed by atoms with van der Waals surface area (Å²) in [6, 6.07) is 6.61. The number of aryl methyl sites for hydroxylation is 1. The van der Waals surface area contributed by atoms with E-state index in [0.29, 0.717) is 6.04 Å². The molecular formula is C15H21N3O. The molecule has 4 nitrogen and oxygen atoms in total. The van der Waals surface area contributed by atoms with Crippen LogP contribution < -0.4 is 5.32 Å². The van der Waals surface area contributed by atoms with Crippen molar-refractivity contribution in [2.24, 2.45) is 0 Å². The Bertz CT molecular complexity index is 556. The van der Waals surface area contributed by atoms with Gasteiger partial charge >= 0.3 is 0 Å². The first-order valence-corrected chi connectivity index (χ1v) is 7.08. The number of hydrogen-bond donors (Lipinski definition) is 2. The molecule has 0 amide bonds. The van der Waals surface area contributed by atoms with Crippen molar-refractivity contribution in [1.82, 2.24) is 14.7 Å². The highest BCUT2D eigenvalue weighted by Crippen LogP contribution is 2.19. The number of nitrogens with zero attached hydrogens (tertiary/aromatic N) is 2. The summed E-state index contributed by atoms with van der Waals surface area (Å²) in [5.74, 6) is 0. The first-order chi connectivity index (χ1) is 9.24. The third kappa shape index (κ3) is 2.65. The van der Waals surface area contributed by atoms with Gasteiger partial charge in [-0.3, -0.25) is 0 Å². The number of fused-ring (bicyclic) bond motifs is 1. The topological polar surface area (TPSA) is 49.6 Å². The molecule has 1 saturated carbocycles. The fourth-order valence-corrected chi connectivity index (χ4v) is 2.90. The van der Waals surface area contributed by atoms with Crippen molar-refractivity contribution in [1.29, 1.82) is 0 Å². The molecule has 0 aliphatic heterocycles. The Balaban J connectivity index is 1.70. The maximum atomic E-state index is 9.52. The average molecular weight is 259 g/mol. The molecule has 4 heteroatoms. The molecule has 0 spiro atoms. The van der Waals surface area contributed by atoms with Gasteiger partial charge in [0.25, 0.3) is 0 Å². The fourth-order valence-electron chi connectivity index (χ4n) is 2.90. The second-order valence-electron chi connectivity index (χ2n) is 5.46. The molecule has 19 heavy (non-hydrogen) atoms. The molecule has 0 bridgehead atoms.